The van der Waals surface area contributed by atoms with E-state index in [0.29, 0.717) is 18.8 Å². The second-order valence-corrected chi connectivity index (χ2v) is 7.55. The number of aliphatic hydroxyl groups is 1. The van der Waals surface area contributed by atoms with Crippen molar-refractivity contribution in [1.29, 1.82) is 0 Å². The third kappa shape index (κ3) is 4.06. The molecule has 0 aliphatic heterocycles. The van der Waals surface area contributed by atoms with Gasteiger partial charge in [0, 0.05) is 5.75 Å². The summed E-state index contributed by atoms with van der Waals surface area (Å²) in [5.74, 6) is 1.07. The molecule has 0 heterocycles. The minimum Gasteiger partial charge on any atom is -0.390 e. The zero-order valence-electron chi connectivity index (χ0n) is 10.4. The molecule has 0 radical (unpaired) electrons. The van der Waals surface area contributed by atoms with Crippen LogP contribution < -0.4 is 0 Å². The van der Waals surface area contributed by atoms with Crippen molar-refractivity contribution in [3.8, 4) is 0 Å². The Labute approximate surface area is 99.2 Å². The summed E-state index contributed by atoms with van der Waals surface area (Å²) in [4.78, 5) is 0. The standard InChI is InChI=1S/C12H24O3S/c1-3-11-6-8-12(13,10-11)7-5-9-16(14,15)4-2/h11,13H,3-10H2,1-2H3. The summed E-state index contributed by atoms with van der Waals surface area (Å²) >= 11 is 0. The molecular formula is C12H24O3S. The van der Waals surface area contributed by atoms with Gasteiger partial charge in [-0.2, -0.15) is 0 Å². The van der Waals surface area contributed by atoms with E-state index >= 15 is 0 Å². The summed E-state index contributed by atoms with van der Waals surface area (Å²) in [5.41, 5.74) is -0.579. The monoisotopic (exact) mass is 248 g/mol. The fraction of sp³-hybridized carbons (Fsp3) is 1.00. The lowest BCUT2D eigenvalue weighted by Crippen LogP contribution is -2.25. The Morgan fingerprint density at radius 3 is 2.56 bits per heavy atom. The van der Waals surface area contributed by atoms with E-state index in [1.165, 1.54) is 0 Å². The highest BCUT2D eigenvalue weighted by molar-refractivity contribution is 7.91. The lowest BCUT2D eigenvalue weighted by Gasteiger charge is -2.22. The Morgan fingerprint density at radius 1 is 1.38 bits per heavy atom. The van der Waals surface area contributed by atoms with Crippen molar-refractivity contribution in [3.05, 3.63) is 0 Å². The number of hydrogen-bond donors (Lipinski definition) is 1. The first-order chi connectivity index (χ1) is 7.41. The predicted octanol–water partition coefficient (Wildman–Crippen LogP) is 2.14. The van der Waals surface area contributed by atoms with Gasteiger partial charge in [0.25, 0.3) is 0 Å². The quantitative estimate of drug-likeness (QED) is 0.783. The van der Waals surface area contributed by atoms with Crippen molar-refractivity contribution in [2.75, 3.05) is 11.5 Å². The highest BCUT2D eigenvalue weighted by Crippen LogP contribution is 2.39. The van der Waals surface area contributed by atoms with E-state index in [2.05, 4.69) is 6.92 Å². The van der Waals surface area contributed by atoms with Gasteiger partial charge in [0.05, 0.1) is 11.4 Å². The van der Waals surface area contributed by atoms with Gasteiger partial charge in [-0.25, -0.2) is 8.42 Å². The van der Waals surface area contributed by atoms with E-state index in [9.17, 15) is 13.5 Å². The Bertz CT molecular complexity index is 310. The fourth-order valence-corrected chi connectivity index (χ4v) is 3.43. The molecule has 1 N–H and O–H groups in total. The minimum atomic E-state index is -2.87. The van der Waals surface area contributed by atoms with Crippen molar-refractivity contribution in [2.45, 2.75) is 58.0 Å². The van der Waals surface area contributed by atoms with Gasteiger partial charge >= 0.3 is 0 Å². The third-order valence-corrected chi connectivity index (χ3v) is 5.59. The first kappa shape index (κ1) is 14.0. The Kier molecular flexibility index (Phi) is 4.80. The molecule has 0 saturated heterocycles. The number of sulfone groups is 1. The highest BCUT2D eigenvalue weighted by atomic mass is 32.2. The molecule has 0 aromatic rings. The first-order valence-corrected chi connectivity index (χ1v) is 8.16. The Morgan fingerprint density at radius 2 is 2.06 bits per heavy atom. The third-order valence-electron chi connectivity index (χ3n) is 3.80. The molecule has 0 bridgehead atoms. The molecule has 1 aliphatic rings. The normalized spacial score (nSPS) is 30.8. The van der Waals surface area contributed by atoms with Crippen molar-refractivity contribution in [1.82, 2.24) is 0 Å². The average Bonchev–Trinajstić information content (AvgIpc) is 2.60. The molecule has 0 aromatic heterocycles. The van der Waals surface area contributed by atoms with Gasteiger partial charge in [0.15, 0.2) is 0 Å². The molecule has 3 nitrogen and oxygen atoms in total. The van der Waals surface area contributed by atoms with Gasteiger partial charge in [-0.05, 0) is 38.0 Å². The molecule has 1 aliphatic carbocycles. The summed E-state index contributed by atoms with van der Waals surface area (Å²) < 4.78 is 22.6. The summed E-state index contributed by atoms with van der Waals surface area (Å²) in [7, 11) is -2.87. The molecule has 0 amide bonds. The van der Waals surface area contributed by atoms with Gasteiger partial charge in [-0.3, -0.25) is 0 Å². The van der Waals surface area contributed by atoms with E-state index in [0.717, 1.165) is 25.7 Å². The van der Waals surface area contributed by atoms with E-state index in [1.807, 2.05) is 0 Å². The molecule has 1 fully saturated rings. The van der Waals surface area contributed by atoms with Gasteiger partial charge in [0.2, 0.25) is 0 Å². The fourth-order valence-electron chi connectivity index (χ4n) is 2.56. The summed E-state index contributed by atoms with van der Waals surface area (Å²) in [6.45, 7) is 3.82. The van der Waals surface area contributed by atoms with Crippen LogP contribution in [0.4, 0.5) is 0 Å². The lowest BCUT2D eigenvalue weighted by atomic mass is 9.94. The van der Waals surface area contributed by atoms with Crippen molar-refractivity contribution in [2.24, 2.45) is 5.92 Å². The van der Waals surface area contributed by atoms with Crippen molar-refractivity contribution >= 4 is 9.84 Å². The molecule has 1 saturated carbocycles. The summed E-state index contributed by atoms with van der Waals surface area (Å²) in [6.07, 6.45) is 5.16. The molecule has 0 spiro atoms. The van der Waals surface area contributed by atoms with Gasteiger partial charge < -0.3 is 5.11 Å². The topological polar surface area (TPSA) is 54.4 Å². The van der Waals surface area contributed by atoms with E-state index < -0.39 is 15.4 Å². The first-order valence-electron chi connectivity index (χ1n) is 6.33. The van der Waals surface area contributed by atoms with Crippen LogP contribution in [0, 0.1) is 5.92 Å². The van der Waals surface area contributed by atoms with Crippen molar-refractivity contribution < 1.29 is 13.5 Å². The van der Waals surface area contributed by atoms with Crippen LogP contribution in [0.2, 0.25) is 0 Å². The number of rotatable bonds is 6. The SMILES string of the molecule is CCC1CCC(O)(CCCS(=O)(=O)CC)C1. The molecule has 2 unspecified atom stereocenters. The van der Waals surface area contributed by atoms with Crippen LogP contribution in [-0.4, -0.2) is 30.6 Å². The largest absolute Gasteiger partial charge is 0.390 e. The van der Waals surface area contributed by atoms with Crippen LogP contribution in [0.5, 0.6) is 0 Å². The van der Waals surface area contributed by atoms with Crippen LogP contribution in [0.25, 0.3) is 0 Å². The van der Waals surface area contributed by atoms with Crippen LogP contribution in [0.1, 0.15) is 52.4 Å². The maximum absolute atomic E-state index is 11.3. The van der Waals surface area contributed by atoms with Crippen LogP contribution in [0.15, 0.2) is 0 Å². The molecule has 0 aromatic carbocycles. The average molecular weight is 248 g/mol. The molecule has 16 heavy (non-hydrogen) atoms. The van der Waals surface area contributed by atoms with Gasteiger partial charge in [-0.1, -0.05) is 20.3 Å². The van der Waals surface area contributed by atoms with E-state index in [1.54, 1.807) is 6.92 Å². The molecule has 96 valence electrons. The highest BCUT2D eigenvalue weighted by Gasteiger charge is 2.35. The maximum atomic E-state index is 11.3. The maximum Gasteiger partial charge on any atom is 0.150 e. The number of hydrogen-bond acceptors (Lipinski definition) is 3. The van der Waals surface area contributed by atoms with E-state index in [-0.39, 0.29) is 11.5 Å². The Balaban J connectivity index is 2.33. The van der Waals surface area contributed by atoms with Crippen LogP contribution in [-0.2, 0) is 9.84 Å². The van der Waals surface area contributed by atoms with Crippen LogP contribution in [0.3, 0.4) is 0 Å². The smallest absolute Gasteiger partial charge is 0.150 e. The minimum absolute atomic E-state index is 0.211. The predicted molar refractivity (Wildman–Crippen MR) is 66.1 cm³/mol. The Hall–Kier alpha value is -0.0900. The second kappa shape index (κ2) is 5.50. The zero-order valence-corrected chi connectivity index (χ0v) is 11.2. The van der Waals surface area contributed by atoms with Gasteiger partial charge in [-0.15, -0.1) is 0 Å². The van der Waals surface area contributed by atoms with Crippen molar-refractivity contribution in [3.63, 3.8) is 0 Å². The summed E-state index contributed by atoms with van der Waals surface area (Å²) in [5, 5.41) is 10.3. The second-order valence-electron chi connectivity index (χ2n) is 5.08. The molecule has 4 heteroatoms. The molecule has 2 atom stereocenters. The van der Waals surface area contributed by atoms with E-state index in [4.69, 9.17) is 0 Å². The van der Waals surface area contributed by atoms with Crippen LogP contribution >= 0.6 is 0 Å². The zero-order chi connectivity index (χ0) is 12.2. The molecular weight excluding hydrogens is 224 g/mol. The lowest BCUT2D eigenvalue weighted by molar-refractivity contribution is 0.0340. The molecule has 1 rings (SSSR count). The van der Waals surface area contributed by atoms with Gasteiger partial charge in [0.1, 0.15) is 9.84 Å². The summed E-state index contributed by atoms with van der Waals surface area (Å²) in [6, 6.07) is 0.